The third-order valence-electron chi connectivity index (χ3n) is 6.82. The Bertz CT molecular complexity index is 1180. The van der Waals surface area contributed by atoms with Crippen LogP contribution in [-0.2, 0) is 10.1 Å². The van der Waals surface area contributed by atoms with Gasteiger partial charge in [-0.1, -0.05) is 49.6 Å². The smallest absolute Gasteiger partial charge is 0.330 e. The summed E-state index contributed by atoms with van der Waals surface area (Å²) in [4.78, 5) is 1.89. The van der Waals surface area contributed by atoms with Crippen molar-refractivity contribution in [3.63, 3.8) is 0 Å². The fourth-order valence-corrected chi connectivity index (χ4v) is 4.11. The molecule has 1 radical (unpaired) electrons. The summed E-state index contributed by atoms with van der Waals surface area (Å²) in [6.45, 7) is 11.3. The monoisotopic (exact) mass is 448 g/mol. The molecule has 0 aromatic heterocycles. The first-order chi connectivity index (χ1) is 15.3. The molecule has 3 aromatic rings. The van der Waals surface area contributed by atoms with E-state index in [1.165, 1.54) is 12.1 Å². The zero-order valence-corrected chi connectivity index (χ0v) is 19.9. The Kier molecular flexibility index (Phi) is 5.66. The van der Waals surface area contributed by atoms with Gasteiger partial charge in [-0.25, -0.2) is 8.78 Å². The Hall–Kier alpha value is -2.70. The van der Waals surface area contributed by atoms with E-state index in [4.69, 9.17) is 4.65 Å². The minimum Gasteiger partial charge on any atom is -0.427 e. The van der Waals surface area contributed by atoms with E-state index in [2.05, 4.69) is 19.9 Å². The maximum atomic E-state index is 14.2. The van der Waals surface area contributed by atoms with Gasteiger partial charge in [0.2, 0.25) is 0 Å². The lowest BCUT2D eigenvalue weighted by Crippen LogP contribution is -2.49. The minimum atomic E-state index is -1.05. The summed E-state index contributed by atoms with van der Waals surface area (Å²) < 4.78 is 34.4. The molecule has 3 aromatic carbocycles. The zero-order chi connectivity index (χ0) is 24.2. The highest BCUT2D eigenvalue weighted by Gasteiger charge is 2.38. The van der Waals surface area contributed by atoms with Crippen molar-refractivity contribution in [3.05, 3.63) is 83.4 Å². The van der Waals surface area contributed by atoms with Crippen LogP contribution in [0.3, 0.4) is 0 Å². The van der Waals surface area contributed by atoms with Crippen LogP contribution in [0.25, 0.3) is 0 Å². The van der Waals surface area contributed by atoms with Gasteiger partial charge < -0.3 is 14.7 Å². The molecule has 0 aliphatic carbocycles. The number of rotatable bonds is 5. The topological polar surface area (TPSA) is 32.7 Å². The van der Waals surface area contributed by atoms with Crippen molar-refractivity contribution in [1.82, 2.24) is 0 Å². The molecule has 1 N–H and O–H groups in total. The van der Waals surface area contributed by atoms with E-state index in [9.17, 15) is 13.9 Å². The average Bonchev–Trinajstić information content (AvgIpc) is 2.71. The molecule has 0 amide bonds. The third kappa shape index (κ3) is 4.18. The highest BCUT2D eigenvalue weighted by Crippen LogP contribution is 2.51. The molecule has 0 fully saturated rings. The van der Waals surface area contributed by atoms with Crippen molar-refractivity contribution in [2.24, 2.45) is 0 Å². The van der Waals surface area contributed by atoms with Crippen molar-refractivity contribution >= 4 is 30.0 Å². The minimum absolute atomic E-state index is 0.319. The van der Waals surface area contributed by atoms with E-state index in [1.807, 2.05) is 55.1 Å². The van der Waals surface area contributed by atoms with Gasteiger partial charge in [0.1, 0.15) is 11.6 Å². The van der Waals surface area contributed by atoms with E-state index in [-0.39, 0.29) is 5.41 Å². The molecule has 0 atom stereocenters. The summed E-state index contributed by atoms with van der Waals surface area (Å²) in [5.41, 5.74) is 2.79. The van der Waals surface area contributed by atoms with Crippen LogP contribution in [0.5, 0.6) is 0 Å². The molecule has 3 nitrogen and oxygen atoms in total. The second-order valence-corrected chi connectivity index (χ2v) is 10.2. The maximum absolute atomic E-state index is 14.2. The summed E-state index contributed by atoms with van der Waals surface area (Å²) in [5, 5.41) is 10.4. The van der Waals surface area contributed by atoms with Crippen LogP contribution in [0.4, 0.5) is 25.8 Å². The van der Waals surface area contributed by atoms with Gasteiger partial charge in [0, 0.05) is 17.2 Å². The predicted octanol–water partition coefficient (Wildman–Crippen LogP) is 5.88. The lowest BCUT2D eigenvalue weighted by Gasteiger charge is -2.42. The van der Waals surface area contributed by atoms with Crippen LogP contribution in [0, 0.1) is 11.6 Å². The Morgan fingerprint density at radius 1 is 0.848 bits per heavy atom. The molecule has 171 valence electrons. The molecule has 33 heavy (non-hydrogen) atoms. The predicted molar refractivity (Wildman–Crippen MR) is 130 cm³/mol. The van der Waals surface area contributed by atoms with Gasteiger partial charge in [-0.3, -0.25) is 0 Å². The first-order valence-corrected chi connectivity index (χ1v) is 11.0. The Balaban J connectivity index is 1.85. The van der Waals surface area contributed by atoms with Crippen LogP contribution in [0.2, 0.25) is 0 Å². The van der Waals surface area contributed by atoms with Crippen LogP contribution >= 0.6 is 0 Å². The highest BCUT2D eigenvalue weighted by atomic mass is 19.1. The lowest BCUT2D eigenvalue weighted by atomic mass is 9.72. The van der Waals surface area contributed by atoms with Crippen LogP contribution < -0.4 is 10.4 Å². The third-order valence-corrected chi connectivity index (χ3v) is 6.82. The molecule has 4 rings (SSSR count). The first kappa shape index (κ1) is 23.5. The number of para-hydroxylation sites is 1. The molecular weight excluding hydrogens is 419 g/mol. The van der Waals surface area contributed by atoms with Crippen LogP contribution in [0.1, 0.15) is 52.7 Å². The molecule has 6 heteroatoms. The largest absolute Gasteiger partial charge is 0.427 e. The van der Waals surface area contributed by atoms with E-state index in [0.29, 0.717) is 5.69 Å². The Morgan fingerprint density at radius 3 is 2.09 bits per heavy atom. The number of halogens is 2. The van der Waals surface area contributed by atoms with Crippen molar-refractivity contribution in [2.75, 3.05) is 4.90 Å². The van der Waals surface area contributed by atoms with Gasteiger partial charge >= 0.3 is 7.48 Å². The number of hydrogen-bond acceptors (Lipinski definition) is 3. The van der Waals surface area contributed by atoms with Gasteiger partial charge in [-0.2, -0.15) is 0 Å². The molecular formula is C27H29BF2NO2. The second-order valence-electron chi connectivity index (χ2n) is 10.2. The summed E-state index contributed by atoms with van der Waals surface area (Å²) in [6.07, 6.45) is 0. The van der Waals surface area contributed by atoms with Gasteiger partial charge in [0.05, 0.1) is 22.6 Å². The van der Waals surface area contributed by atoms with Crippen LogP contribution in [-0.4, -0.2) is 23.8 Å². The molecule has 1 heterocycles. The van der Waals surface area contributed by atoms with Crippen molar-refractivity contribution in [1.29, 1.82) is 0 Å². The number of hydrogen-bond donors (Lipinski definition) is 1. The molecule has 0 spiro atoms. The van der Waals surface area contributed by atoms with Gasteiger partial charge in [0.15, 0.2) is 0 Å². The number of anilines is 3. The number of aliphatic hydroxyl groups is 1. The standard InChI is InChI=1S/C27H29BF2NO2/c1-25(2)21-9-7-8-10-23(21)31(20-15-18(29)14-19(30)16-20)24-13-17(11-12-22(24)25)28-33-27(5,6)26(3,4)32/h7-16,32H,1-6H3. The SMILES string of the molecule is CC1(C)c2ccccc2N(c2cc(F)cc(F)c2)c2cc([B]OC(C)(C)C(C)(C)O)ccc21. The summed E-state index contributed by atoms with van der Waals surface area (Å²) >= 11 is 0. The fourth-order valence-electron chi connectivity index (χ4n) is 4.11. The molecule has 0 unspecified atom stereocenters. The highest BCUT2D eigenvalue weighted by molar-refractivity contribution is 6.47. The number of fused-ring (bicyclic) bond motifs is 2. The van der Waals surface area contributed by atoms with E-state index >= 15 is 0 Å². The van der Waals surface area contributed by atoms with Gasteiger partial charge in [0.25, 0.3) is 0 Å². The molecule has 1 aliphatic heterocycles. The quantitative estimate of drug-likeness (QED) is 0.495. The van der Waals surface area contributed by atoms with Crippen LogP contribution in [0.15, 0.2) is 60.7 Å². The number of benzene rings is 3. The zero-order valence-electron chi connectivity index (χ0n) is 19.9. The summed E-state index contributed by atoms with van der Waals surface area (Å²) in [5.74, 6) is -1.27. The molecule has 0 bridgehead atoms. The van der Waals surface area contributed by atoms with E-state index < -0.39 is 22.8 Å². The van der Waals surface area contributed by atoms with Crippen molar-refractivity contribution in [3.8, 4) is 0 Å². The normalized spacial score (nSPS) is 15.1. The van der Waals surface area contributed by atoms with Gasteiger partial charge in [-0.05, 0) is 63.1 Å². The summed E-state index contributed by atoms with van der Waals surface area (Å²) in [6, 6.07) is 17.4. The van der Waals surface area contributed by atoms with Crippen molar-refractivity contribution < 1.29 is 18.5 Å². The molecule has 0 saturated carbocycles. The Labute approximate surface area is 195 Å². The second kappa shape index (κ2) is 7.96. The van der Waals surface area contributed by atoms with E-state index in [1.54, 1.807) is 21.3 Å². The fraction of sp³-hybridized carbons (Fsp3) is 0.333. The maximum Gasteiger partial charge on any atom is 0.330 e. The van der Waals surface area contributed by atoms with Crippen molar-refractivity contribution in [2.45, 2.75) is 58.2 Å². The number of nitrogens with zero attached hydrogens (tertiary/aromatic N) is 1. The van der Waals surface area contributed by atoms with Gasteiger partial charge in [-0.15, -0.1) is 0 Å². The average molecular weight is 448 g/mol. The first-order valence-electron chi connectivity index (χ1n) is 11.0. The van der Waals surface area contributed by atoms with E-state index in [0.717, 1.165) is 34.0 Å². The Morgan fingerprint density at radius 2 is 1.45 bits per heavy atom. The molecule has 0 saturated heterocycles. The molecule has 1 aliphatic rings. The lowest BCUT2D eigenvalue weighted by molar-refractivity contribution is -0.0893. The summed E-state index contributed by atoms with van der Waals surface area (Å²) in [7, 11) is 1.62.